The molecule has 2 N–H and O–H groups in total. The van der Waals surface area contributed by atoms with Gasteiger partial charge in [-0.2, -0.15) is 0 Å². The summed E-state index contributed by atoms with van der Waals surface area (Å²) in [5.74, 6) is 1.71. The van der Waals surface area contributed by atoms with E-state index in [1.807, 2.05) is 12.1 Å². The Morgan fingerprint density at radius 3 is 2.79 bits per heavy atom. The minimum absolute atomic E-state index is 0.0217. The van der Waals surface area contributed by atoms with Gasteiger partial charge in [0, 0.05) is 36.1 Å². The number of rotatable bonds is 8. The van der Waals surface area contributed by atoms with Gasteiger partial charge in [0.25, 0.3) is 0 Å². The van der Waals surface area contributed by atoms with Crippen molar-refractivity contribution in [3.05, 3.63) is 41.4 Å². The zero-order valence-corrected chi connectivity index (χ0v) is 14.1. The van der Waals surface area contributed by atoms with Crippen LogP contribution in [-0.4, -0.2) is 28.6 Å². The Hall–Kier alpha value is -1.85. The average Bonchev–Trinajstić information content (AvgIpc) is 3.32. The maximum Gasteiger partial charge on any atom is 0.220 e. The summed E-state index contributed by atoms with van der Waals surface area (Å²) in [6.07, 6.45) is 5.33. The zero-order valence-electron chi connectivity index (χ0n) is 13.4. The van der Waals surface area contributed by atoms with E-state index in [4.69, 9.17) is 21.1 Å². The molecule has 3 rings (SSSR count). The smallest absolute Gasteiger partial charge is 0.220 e. The molecule has 1 aliphatic carbocycles. The monoisotopic (exact) mass is 348 g/mol. The molecular weight excluding hydrogens is 328 g/mol. The van der Waals surface area contributed by atoms with E-state index in [1.54, 1.807) is 18.3 Å². The van der Waals surface area contributed by atoms with Crippen LogP contribution in [0.3, 0.4) is 0 Å². The second-order valence-corrected chi connectivity index (χ2v) is 6.59. The van der Waals surface area contributed by atoms with E-state index in [9.17, 15) is 4.79 Å². The number of amides is 1. The van der Waals surface area contributed by atoms with Crippen molar-refractivity contribution >= 4 is 17.5 Å². The Labute approximate surface area is 146 Å². The summed E-state index contributed by atoms with van der Waals surface area (Å²) < 4.78 is 5.70. The lowest BCUT2D eigenvalue weighted by Gasteiger charge is -2.16. The lowest BCUT2D eigenvalue weighted by Crippen LogP contribution is -2.37. The van der Waals surface area contributed by atoms with Gasteiger partial charge in [-0.1, -0.05) is 11.6 Å². The van der Waals surface area contributed by atoms with E-state index in [1.165, 1.54) is 0 Å². The molecule has 1 atom stereocenters. The van der Waals surface area contributed by atoms with E-state index < -0.39 is 0 Å². The van der Waals surface area contributed by atoms with Gasteiger partial charge in [0.05, 0.1) is 6.20 Å². The minimum Gasteiger partial charge on any atom is -0.441 e. The number of aromatic nitrogens is 1. The number of carbonyl (C=O) groups is 1. The maximum atomic E-state index is 12.1. The normalized spacial score (nSPS) is 15.2. The van der Waals surface area contributed by atoms with Gasteiger partial charge in [-0.15, -0.1) is 0 Å². The van der Waals surface area contributed by atoms with Crippen LogP contribution < -0.4 is 5.32 Å². The molecule has 0 saturated heterocycles. The third-order valence-electron chi connectivity index (χ3n) is 4.23. The van der Waals surface area contributed by atoms with Crippen LogP contribution in [0.5, 0.6) is 0 Å². The molecule has 1 amide bonds. The molecule has 1 aromatic carbocycles. The number of oxazole rings is 1. The second-order valence-electron chi connectivity index (χ2n) is 6.15. The fourth-order valence-corrected chi connectivity index (χ4v) is 2.86. The molecule has 5 nitrogen and oxygen atoms in total. The summed E-state index contributed by atoms with van der Waals surface area (Å²) >= 11 is 5.87. The van der Waals surface area contributed by atoms with E-state index >= 15 is 0 Å². The largest absolute Gasteiger partial charge is 0.441 e. The number of nitrogens with one attached hydrogen (secondary N) is 1. The van der Waals surface area contributed by atoms with Crippen molar-refractivity contribution in [2.24, 2.45) is 5.92 Å². The molecule has 128 valence electrons. The first kappa shape index (κ1) is 17.0. The number of aryl methyl sites for hydroxylation is 1. The number of benzene rings is 1. The van der Waals surface area contributed by atoms with E-state index in [2.05, 4.69) is 10.3 Å². The van der Waals surface area contributed by atoms with Crippen molar-refractivity contribution in [1.82, 2.24) is 10.3 Å². The van der Waals surface area contributed by atoms with Crippen molar-refractivity contribution in [3.8, 4) is 11.3 Å². The summed E-state index contributed by atoms with van der Waals surface area (Å²) in [5, 5.41) is 12.8. The molecule has 2 aromatic rings. The van der Waals surface area contributed by atoms with Gasteiger partial charge < -0.3 is 14.8 Å². The molecule has 0 spiro atoms. The highest BCUT2D eigenvalue weighted by Crippen LogP contribution is 2.34. The van der Waals surface area contributed by atoms with Crippen LogP contribution in [0.25, 0.3) is 11.3 Å². The van der Waals surface area contributed by atoms with Crippen molar-refractivity contribution in [2.45, 2.75) is 38.1 Å². The number of aliphatic hydroxyl groups is 1. The number of hydrogen-bond donors (Lipinski definition) is 2. The second kappa shape index (κ2) is 7.81. The predicted octanol–water partition coefficient (Wildman–Crippen LogP) is 3.20. The average molecular weight is 349 g/mol. The van der Waals surface area contributed by atoms with Crippen molar-refractivity contribution < 1.29 is 14.3 Å². The van der Waals surface area contributed by atoms with Gasteiger partial charge in [0.15, 0.2) is 11.7 Å². The molecule has 1 unspecified atom stereocenters. The highest BCUT2D eigenvalue weighted by atomic mass is 35.5. The van der Waals surface area contributed by atoms with Crippen LogP contribution >= 0.6 is 11.6 Å². The van der Waals surface area contributed by atoms with Gasteiger partial charge in [0.2, 0.25) is 5.91 Å². The van der Waals surface area contributed by atoms with Crippen molar-refractivity contribution in [2.75, 3.05) is 6.61 Å². The molecular formula is C18H21ClN2O3. The lowest BCUT2D eigenvalue weighted by atomic mass is 10.1. The Balaban J connectivity index is 1.51. The van der Waals surface area contributed by atoms with E-state index in [-0.39, 0.29) is 18.6 Å². The van der Waals surface area contributed by atoms with Crippen LogP contribution in [0.15, 0.2) is 34.9 Å². The van der Waals surface area contributed by atoms with Gasteiger partial charge in [0.1, 0.15) is 0 Å². The van der Waals surface area contributed by atoms with Crippen LogP contribution in [0, 0.1) is 5.92 Å². The summed E-state index contributed by atoms with van der Waals surface area (Å²) in [6.45, 7) is 0.103. The molecule has 0 aliphatic heterocycles. The molecule has 0 radical (unpaired) electrons. The lowest BCUT2D eigenvalue weighted by molar-refractivity contribution is -0.122. The highest BCUT2D eigenvalue weighted by molar-refractivity contribution is 6.30. The van der Waals surface area contributed by atoms with E-state index in [0.717, 1.165) is 18.4 Å². The first-order valence-corrected chi connectivity index (χ1v) is 8.64. The van der Waals surface area contributed by atoms with Gasteiger partial charge >= 0.3 is 0 Å². The fraction of sp³-hybridized carbons (Fsp3) is 0.444. The molecule has 1 heterocycles. The Bertz CT molecular complexity index is 680. The summed E-state index contributed by atoms with van der Waals surface area (Å²) in [7, 11) is 0. The number of halogens is 1. The first-order valence-electron chi connectivity index (χ1n) is 8.26. The minimum atomic E-state index is -0.0217. The Morgan fingerprint density at radius 2 is 2.12 bits per heavy atom. The third kappa shape index (κ3) is 4.58. The van der Waals surface area contributed by atoms with Gasteiger partial charge in [-0.25, -0.2) is 4.98 Å². The molecule has 24 heavy (non-hydrogen) atoms. The number of aliphatic hydroxyl groups excluding tert-OH is 1. The quantitative estimate of drug-likeness (QED) is 0.768. The van der Waals surface area contributed by atoms with Crippen LogP contribution in [-0.2, 0) is 11.2 Å². The van der Waals surface area contributed by atoms with Crippen molar-refractivity contribution in [3.63, 3.8) is 0 Å². The molecule has 0 bridgehead atoms. The van der Waals surface area contributed by atoms with Crippen molar-refractivity contribution in [1.29, 1.82) is 0 Å². The molecule has 1 aromatic heterocycles. The number of hydrogen-bond acceptors (Lipinski definition) is 4. The summed E-state index contributed by atoms with van der Waals surface area (Å²) in [4.78, 5) is 16.3. The topological polar surface area (TPSA) is 75.4 Å². The first-order chi connectivity index (χ1) is 11.7. The maximum absolute atomic E-state index is 12.1. The number of carbonyl (C=O) groups excluding carboxylic acids is 1. The molecule has 6 heteroatoms. The molecule has 1 fully saturated rings. The molecule has 1 aliphatic rings. The van der Waals surface area contributed by atoms with E-state index in [0.29, 0.717) is 41.9 Å². The Morgan fingerprint density at radius 1 is 1.38 bits per heavy atom. The zero-order chi connectivity index (χ0) is 16.9. The SMILES string of the molecule is O=C(CCc1ncc(-c2ccc(Cl)cc2)o1)NC(CCO)C1CC1. The standard InChI is InChI=1S/C18H21ClN2O3/c19-14-5-3-13(4-6-14)16-11-20-18(24-16)8-7-17(23)21-15(9-10-22)12-1-2-12/h3-6,11-12,15,22H,1-2,7-10H2,(H,21,23). The summed E-state index contributed by atoms with van der Waals surface area (Å²) in [5.41, 5.74) is 0.902. The predicted molar refractivity (Wildman–Crippen MR) is 91.6 cm³/mol. The van der Waals surface area contributed by atoms with Crippen LogP contribution in [0.1, 0.15) is 31.6 Å². The fourth-order valence-electron chi connectivity index (χ4n) is 2.74. The summed E-state index contributed by atoms with van der Waals surface area (Å²) in [6, 6.07) is 7.43. The Kier molecular flexibility index (Phi) is 5.53. The van der Waals surface area contributed by atoms with Crippen LogP contribution in [0.4, 0.5) is 0 Å². The van der Waals surface area contributed by atoms with Crippen LogP contribution in [0.2, 0.25) is 5.02 Å². The molecule has 1 saturated carbocycles. The highest BCUT2D eigenvalue weighted by Gasteiger charge is 2.31. The number of nitrogens with zero attached hydrogens (tertiary/aromatic N) is 1. The van der Waals surface area contributed by atoms with Gasteiger partial charge in [-0.05, 0) is 49.4 Å². The third-order valence-corrected chi connectivity index (χ3v) is 4.48. The van der Waals surface area contributed by atoms with Gasteiger partial charge in [-0.3, -0.25) is 4.79 Å².